The van der Waals surface area contributed by atoms with Crippen molar-refractivity contribution in [2.45, 2.75) is 25.9 Å². The maximum absolute atomic E-state index is 12.8. The number of carbonyl (C=O) groups excluding carboxylic acids is 2. The zero-order valence-corrected chi connectivity index (χ0v) is 18.0. The Morgan fingerprint density at radius 3 is 2.67 bits per heavy atom. The monoisotopic (exact) mass is 468 g/mol. The van der Waals surface area contributed by atoms with E-state index in [1.54, 1.807) is 42.2 Å². The molecule has 0 saturated carbocycles. The Morgan fingerprint density at radius 1 is 1.13 bits per heavy atom. The van der Waals surface area contributed by atoms with Gasteiger partial charge in [0.15, 0.2) is 16.5 Å². The fourth-order valence-electron chi connectivity index (χ4n) is 3.43. The molecule has 2 heterocycles. The minimum atomic E-state index is -0.546. The molecule has 0 fully saturated rings. The number of hydrogen-bond donors (Lipinski definition) is 1. The third kappa shape index (κ3) is 4.41. The molecule has 4 rings (SSSR count). The van der Waals surface area contributed by atoms with Crippen molar-refractivity contribution in [1.82, 2.24) is 0 Å². The molecule has 0 spiro atoms. The van der Waals surface area contributed by atoms with Crippen LogP contribution in [0.4, 0.5) is 11.4 Å². The van der Waals surface area contributed by atoms with Crippen LogP contribution < -0.4 is 15.0 Å². The van der Waals surface area contributed by atoms with Gasteiger partial charge in [-0.05, 0) is 71.6 Å². The van der Waals surface area contributed by atoms with Gasteiger partial charge in [-0.3, -0.25) is 9.59 Å². The number of furan rings is 1. The van der Waals surface area contributed by atoms with Gasteiger partial charge in [-0.15, -0.1) is 0 Å². The van der Waals surface area contributed by atoms with Gasteiger partial charge in [0.25, 0.3) is 11.8 Å². The molecule has 1 atom stereocenters. The lowest BCUT2D eigenvalue weighted by Crippen LogP contribution is -2.45. The minimum absolute atomic E-state index is 0.0889. The summed E-state index contributed by atoms with van der Waals surface area (Å²) in [6.45, 7) is 2.32. The van der Waals surface area contributed by atoms with Gasteiger partial charge in [-0.25, -0.2) is 0 Å². The van der Waals surface area contributed by atoms with Crippen molar-refractivity contribution in [2.75, 3.05) is 16.8 Å². The fourth-order valence-corrected chi connectivity index (χ4v) is 3.74. The number of fused-ring (bicyclic) bond motifs is 1. The van der Waals surface area contributed by atoms with Gasteiger partial charge in [0, 0.05) is 12.2 Å². The molecule has 0 radical (unpaired) electrons. The second-order valence-electron chi connectivity index (χ2n) is 7.08. The highest BCUT2D eigenvalue weighted by molar-refractivity contribution is 9.10. The number of ether oxygens (including phenoxy) is 1. The molecule has 6 nitrogen and oxygen atoms in total. The Morgan fingerprint density at radius 2 is 1.93 bits per heavy atom. The van der Waals surface area contributed by atoms with Crippen LogP contribution in [-0.2, 0) is 11.2 Å². The van der Waals surface area contributed by atoms with E-state index in [0.717, 1.165) is 12.8 Å². The number of halogens is 1. The number of nitrogens with one attached hydrogen (secondary N) is 1. The molecule has 154 valence electrons. The molecule has 3 aromatic rings. The van der Waals surface area contributed by atoms with Crippen LogP contribution in [0.3, 0.4) is 0 Å². The van der Waals surface area contributed by atoms with Crippen LogP contribution in [0, 0.1) is 0 Å². The number of rotatable bonds is 6. The van der Waals surface area contributed by atoms with Crippen LogP contribution in [-0.4, -0.2) is 24.5 Å². The van der Waals surface area contributed by atoms with Gasteiger partial charge >= 0.3 is 0 Å². The van der Waals surface area contributed by atoms with E-state index in [1.807, 2.05) is 18.2 Å². The lowest BCUT2D eigenvalue weighted by molar-refractivity contribution is -0.125. The Labute approximate surface area is 183 Å². The Bertz CT molecular complexity index is 1060. The molecular formula is C23H21BrN2O4. The highest BCUT2D eigenvalue weighted by Gasteiger charge is 2.31. The first-order chi connectivity index (χ1) is 14.5. The lowest BCUT2D eigenvalue weighted by Gasteiger charge is -2.33. The van der Waals surface area contributed by atoms with Crippen LogP contribution >= 0.6 is 15.9 Å². The predicted octanol–water partition coefficient (Wildman–Crippen LogP) is 5.04. The Balaban J connectivity index is 1.51. The third-order valence-electron chi connectivity index (χ3n) is 4.91. The van der Waals surface area contributed by atoms with Crippen LogP contribution in [0.15, 0.2) is 69.8 Å². The fraction of sp³-hybridized carbons (Fsp3) is 0.217. The van der Waals surface area contributed by atoms with Crippen molar-refractivity contribution in [3.8, 4) is 5.75 Å². The maximum atomic E-state index is 12.8. The summed E-state index contributed by atoms with van der Waals surface area (Å²) in [6.07, 6.45) is 1.15. The first kappa shape index (κ1) is 20.2. The van der Waals surface area contributed by atoms with Crippen LogP contribution in [0.2, 0.25) is 0 Å². The number of benzene rings is 2. The second-order valence-corrected chi connectivity index (χ2v) is 7.86. The van der Waals surface area contributed by atoms with Crippen LogP contribution in [0.5, 0.6) is 5.75 Å². The van der Waals surface area contributed by atoms with E-state index in [9.17, 15) is 9.59 Å². The normalized spacial score (nSPS) is 15.5. The molecule has 0 bridgehead atoms. The van der Waals surface area contributed by atoms with Crippen LogP contribution in [0.25, 0.3) is 0 Å². The maximum Gasteiger partial charge on any atom is 0.291 e. The predicted molar refractivity (Wildman–Crippen MR) is 118 cm³/mol. The summed E-state index contributed by atoms with van der Waals surface area (Å²) in [4.78, 5) is 26.9. The highest BCUT2D eigenvalue weighted by atomic mass is 79.9. The third-order valence-corrected chi connectivity index (χ3v) is 5.34. The molecule has 1 unspecified atom stereocenters. The van der Waals surface area contributed by atoms with Crippen LogP contribution in [0.1, 0.15) is 29.5 Å². The average molecular weight is 469 g/mol. The summed E-state index contributed by atoms with van der Waals surface area (Å²) in [6, 6.07) is 18.7. The molecule has 1 aliphatic heterocycles. The van der Waals surface area contributed by atoms with Gasteiger partial charge < -0.3 is 19.4 Å². The first-order valence-corrected chi connectivity index (χ1v) is 10.5. The van der Waals surface area contributed by atoms with E-state index in [-0.39, 0.29) is 17.6 Å². The van der Waals surface area contributed by atoms with Crippen molar-refractivity contribution in [3.63, 3.8) is 0 Å². The van der Waals surface area contributed by atoms with E-state index >= 15 is 0 Å². The van der Waals surface area contributed by atoms with E-state index in [2.05, 4.69) is 33.4 Å². The Hall–Kier alpha value is -3.06. The SMILES string of the molecule is CC1Oc2ccc(NC(=O)c3ccc(Br)o3)cc2N(CCCc2ccccc2)C1=O. The van der Waals surface area contributed by atoms with Crippen molar-refractivity contribution < 1.29 is 18.7 Å². The molecule has 1 aromatic heterocycles. The molecule has 0 aliphatic carbocycles. The smallest absolute Gasteiger partial charge is 0.291 e. The molecule has 30 heavy (non-hydrogen) atoms. The highest BCUT2D eigenvalue weighted by Crippen LogP contribution is 2.36. The van der Waals surface area contributed by atoms with E-state index < -0.39 is 6.10 Å². The number of aryl methyl sites for hydroxylation is 1. The number of nitrogens with zero attached hydrogens (tertiary/aromatic N) is 1. The van der Waals surface area contributed by atoms with Crippen molar-refractivity contribution in [3.05, 3.63) is 76.7 Å². The van der Waals surface area contributed by atoms with Crippen molar-refractivity contribution >= 4 is 39.1 Å². The van der Waals surface area contributed by atoms with Crippen molar-refractivity contribution in [2.24, 2.45) is 0 Å². The van der Waals surface area contributed by atoms with E-state index in [1.165, 1.54) is 5.56 Å². The van der Waals surface area contributed by atoms with E-state index in [4.69, 9.17) is 9.15 Å². The average Bonchev–Trinajstić information content (AvgIpc) is 3.18. The number of amides is 2. The van der Waals surface area contributed by atoms with E-state index in [0.29, 0.717) is 28.3 Å². The largest absolute Gasteiger partial charge is 0.479 e. The summed E-state index contributed by atoms with van der Waals surface area (Å²) in [5.41, 5.74) is 2.45. The molecular weight excluding hydrogens is 448 g/mol. The number of anilines is 2. The number of carbonyl (C=O) groups is 2. The van der Waals surface area contributed by atoms with Crippen molar-refractivity contribution in [1.29, 1.82) is 0 Å². The zero-order valence-electron chi connectivity index (χ0n) is 16.4. The molecule has 2 aromatic carbocycles. The quantitative estimate of drug-likeness (QED) is 0.549. The molecule has 1 N–H and O–H groups in total. The van der Waals surface area contributed by atoms with Gasteiger partial charge in [0.2, 0.25) is 0 Å². The Kier molecular flexibility index (Phi) is 5.90. The topological polar surface area (TPSA) is 71.8 Å². The molecule has 2 amide bonds. The zero-order chi connectivity index (χ0) is 21.1. The second kappa shape index (κ2) is 8.75. The first-order valence-electron chi connectivity index (χ1n) is 9.74. The standard InChI is InChI=1S/C23H21BrN2O4/c1-15-23(28)26(13-5-8-16-6-3-2-4-7-16)18-14-17(9-10-19(18)29-15)25-22(27)20-11-12-21(24)30-20/h2-4,6-7,9-12,14-15H,5,8,13H2,1H3,(H,25,27). The molecule has 0 saturated heterocycles. The minimum Gasteiger partial charge on any atom is -0.479 e. The molecule has 1 aliphatic rings. The number of hydrogen-bond acceptors (Lipinski definition) is 4. The summed E-state index contributed by atoms with van der Waals surface area (Å²) >= 11 is 3.19. The van der Waals surface area contributed by atoms with Gasteiger partial charge in [-0.2, -0.15) is 0 Å². The van der Waals surface area contributed by atoms with Gasteiger partial charge in [-0.1, -0.05) is 30.3 Å². The van der Waals surface area contributed by atoms with Gasteiger partial charge in [0.05, 0.1) is 5.69 Å². The molecule has 7 heteroatoms. The summed E-state index contributed by atoms with van der Waals surface area (Å²) in [5, 5.41) is 2.80. The lowest BCUT2D eigenvalue weighted by atomic mass is 10.1. The summed E-state index contributed by atoms with van der Waals surface area (Å²) in [7, 11) is 0. The summed E-state index contributed by atoms with van der Waals surface area (Å²) in [5.74, 6) is 0.363. The summed E-state index contributed by atoms with van der Waals surface area (Å²) < 4.78 is 11.5. The van der Waals surface area contributed by atoms with Gasteiger partial charge in [0.1, 0.15) is 5.75 Å².